The van der Waals surface area contributed by atoms with Gasteiger partial charge in [-0.2, -0.15) is 0 Å². The number of amides is 1. The number of morpholine rings is 1. The highest BCUT2D eigenvalue weighted by Crippen LogP contribution is 2.24. The van der Waals surface area contributed by atoms with Crippen LogP contribution >= 0.6 is 11.3 Å². The first-order chi connectivity index (χ1) is 14.1. The van der Waals surface area contributed by atoms with Crippen molar-refractivity contribution in [1.29, 1.82) is 0 Å². The molecule has 3 aromatic heterocycles. The fourth-order valence-electron chi connectivity index (χ4n) is 3.40. The molecule has 29 heavy (non-hydrogen) atoms. The lowest BCUT2D eigenvalue weighted by Gasteiger charge is -2.36. The summed E-state index contributed by atoms with van der Waals surface area (Å²) in [6.45, 7) is 6.26. The Balaban J connectivity index is 1.28. The molecule has 1 fully saturated rings. The molecule has 7 nitrogen and oxygen atoms in total. The molecular formula is C21H24N4O3S. The van der Waals surface area contributed by atoms with Gasteiger partial charge >= 0.3 is 0 Å². The Kier molecular flexibility index (Phi) is 5.92. The van der Waals surface area contributed by atoms with Crippen LogP contribution in [0.3, 0.4) is 0 Å². The number of rotatable bonds is 6. The molecule has 1 N–H and O–H groups in total. The van der Waals surface area contributed by atoms with Gasteiger partial charge in [0.05, 0.1) is 30.6 Å². The lowest BCUT2D eigenvalue weighted by molar-refractivity contribution is -0.120. The first-order valence-electron chi connectivity index (χ1n) is 9.67. The first-order valence-corrected chi connectivity index (χ1v) is 10.5. The maximum absolute atomic E-state index is 12.3. The minimum atomic E-state index is -0.0683. The number of thiazole rings is 1. The van der Waals surface area contributed by atoms with Gasteiger partial charge in [-0.15, -0.1) is 11.3 Å². The second kappa shape index (κ2) is 8.75. The molecule has 0 aromatic carbocycles. The molecular weight excluding hydrogens is 388 g/mol. The van der Waals surface area contributed by atoms with Gasteiger partial charge in [-0.05, 0) is 37.6 Å². The van der Waals surface area contributed by atoms with Crippen LogP contribution in [0.1, 0.15) is 25.1 Å². The number of carbonyl (C=O) groups is 1. The van der Waals surface area contributed by atoms with Crippen molar-refractivity contribution in [3.05, 3.63) is 53.4 Å². The van der Waals surface area contributed by atoms with Crippen molar-refractivity contribution in [2.24, 2.45) is 0 Å². The van der Waals surface area contributed by atoms with Gasteiger partial charge in [-0.25, -0.2) is 9.97 Å². The highest BCUT2D eigenvalue weighted by molar-refractivity contribution is 7.13. The van der Waals surface area contributed by atoms with E-state index in [4.69, 9.17) is 9.15 Å². The number of ether oxygens (including phenoxy) is 1. The Morgan fingerprint density at radius 3 is 2.79 bits per heavy atom. The molecule has 8 heteroatoms. The number of nitrogens with one attached hydrogen (secondary N) is 1. The summed E-state index contributed by atoms with van der Waals surface area (Å²) in [6.07, 6.45) is 4.06. The molecule has 1 aliphatic heterocycles. The van der Waals surface area contributed by atoms with Crippen molar-refractivity contribution in [1.82, 2.24) is 15.3 Å². The number of carbonyl (C=O) groups excluding carboxylic acids is 1. The van der Waals surface area contributed by atoms with Gasteiger partial charge in [0.25, 0.3) is 0 Å². The fraction of sp³-hybridized carbons (Fsp3) is 0.381. The fourth-order valence-corrected chi connectivity index (χ4v) is 4.19. The SMILES string of the molecule is CC1CN(c2ccc(CNC(=O)Cc3csc(-c4ccco4)n3)cn2)CC(C)O1. The third-order valence-electron chi connectivity index (χ3n) is 4.67. The van der Waals surface area contributed by atoms with E-state index in [-0.39, 0.29) is 24.5 Å². The predicted octanol–water partition coefficient (Wildman–Crippen LogP) is 3.27. The average Bonchev–Trinajstić information content (AvgIpc) is 3.38. The summed E-state index contributed by atoms with van der Waals surface area (Å²) in [7, 11) is 0. The topological polar surface area (TPSA) is 80.5 Å². The Hall–Kier alpha value is -2.71. The third kappa shape index (κ3) is 5.02. The number of furan rings is 1. The number of anilines is 1. The zero-order valence-corrected chi connectivity index (χ0v) is 17.3. The molecule has 0 radical (unpaired) electrons. The van der Waals surface area contributed by atoms with Gasteiger partial charge < -0.3 is 19.4 Å². The summed E-state index contributed by atoms with van der Waals surface area (Å²) in [5, 5.41) is 5.60. The molecule has 1 saturated heterocycles. The highest BCUT2D eigenvalue weighted by Gasteiger charge is 2.23. The number of hydrogen-bond donors (Lipinski definition) is 1. The average molecular weight is 413 g/mol. The van der Waals surface area contributed by atoms with Crippen LogP contribution in [0.2, 0.25) is 0 Å². The minimum absolute atomic E-state index is 0.0683. The van der Waals surface area contributed by atoms with Gasteiger partial charge in [0.2, 0.25) is 5.91 Å². The van der Waals surface area contributed by atoms with Crippen LogP contribution in [0.5, 0.6) is 0 Å². The summed E-state index contributed by atoms with van der Waals surface area (Å²) < 4.78 is 11.1. The van der Waals surface area contributed by atoms with E-state index >= 15 is 0 Å². The van der Waals surface area contributed by atoms with Crippen molar-refractivity contribution in [2.75, 3.05) is 18.0 Å². The van der Waals surface area contributed by atoms with Gasteiger partial charge in [0.15, 0.2) is 10.8 Å². The van der Waals surface area contributed by atoms with Crippen molar-refractivity contribution in [3.63, 3.8) is 0 Å². The standard InChI is InChI=1S/C21H24N4O3S/c1-14-11-25(12-15(2)28-14)19-6-5-16(9-22-19)10-23-20(26)8-17-13-29-21(24-17)18-4-3-7-27-18/h3-7,9,13-15H,8,10-12H2,1-2H3,(H,23,26). The Morgan fingerprint density at radius 2 is 2.10 bits per heavy atom. The van der Waals surface area contributed by atoms with Crippen molar-refractivity contribution >= 4 is 23.1 Å². The molecule has 0 spiro atoms. The summed E-state index contributed by atoms with van der Waals surface area (Å²) in [6, 6.07) is 7.69. The van der Waals surface area contributed by atoms with Gasteiger partial charge in [0.1, 0.15) is 5.82 Å². The molecule has 0 aliphatic carbocycles. The maximum atomic E-state index is 12.3. The van der Waals surface area contributed by atoms with E-state index < -0.39 is 0 Å². The molecule has 2 atom stereocenters. The number of pyridine rings is 1. The second-order valence-electron chi connectivity index (χ2n) is 7.26. The van der Waals surface area contributed by atoms with Crippen LogP contribution in [0.4, 0.5) is 5.82 Å². The van der Waals surface area contributed by atoms with Gasteiger partial charge in [-0.3, -0.25) is 4.79 Å². The van der Waals surface area contributed by atoms with Gasteiger partial charge in [0, 0.05) is 31.2 Å². The third-order valence-corrected chi connectivity index (χ3v) is 5.57. The van der Waals surface area contributed by atoms with Crippen molar-refractivity contribution in [3.8, 4) is 10.8 Å². The van der Waals surface area contributed by atoms with E-state index in [1.54, 1.807) is 6.26 Å². The van der Waals surface area contributed by atoms with E-state index in [1.165, 1.54) is 11.3 Å². The lowest BCUT2D eigenvalue weighted by Crippen LogP contribution is -2.45. The molecule has 152 valence electrons. The quantitative estimate of drug-likeness (QED) is 0.669. The van der Waals surface area contributed by atoms with E-state index in [0.29, 0.717) is 6.54 Å². The van der Waals surface area contributed by atoms with Crippen molar-refractivity contribution in [2.45, 2.75) is 39.0 Å². The van der Waals surface area contributed by atoms with Crippen molar-refractivity contribution < 1.29 is 13.9 Å². The highest BCUT2D eigenvalue weighted by atomic mass is 32.1. The largest absolute Gasteiger partial charge is 0.462 e. The molecule has 3 aromatic rings. The molecule has 2 unspecified atom stereocenters. The zero-order valence-electron chi connectivity index (χ0n) is 16.5. The van der Waals surface area contributed by atoms with Crippen LogP contribution in [0.15, 0.2) is 46.5 Å². The molecule has 4 heterocycles. The normalized spacial score (nSPS) is 19.3. The minimum Gasteiger partial charge on any atom is -0.462 e. The first kappa shape index (κ1) is 19.6. The van der Waals surface area contributed by atoms with Gasteiger partial charge in [-0.1, -0.05) is 6.07 Å². The Morgan fingerprint density at radius 1 is 1.28 bits per heavy atom. The zero-order chi connectivity index (χ0) is 20.2. The predicted molar refractivity (Wildman–Crippen MR) is 112 cm³/mol. The number of hydrogen-bond acceptors (Lipinski definition) is 7. The summed E-state index contributed by atoms with van der Waals surface area (Å²) in [5.41, 5.74) is 1.70. The van der Waals surface area contributed by atoms with E-state index in [9.17, 15) is 4.79 Å². The van der Waals surface area contributed by atoms with Crippen LogP contribution in [-0.2, 0) is 22.5 Å². The number of aromatic nitrogens is 2. The van der Waals surface area contributed by atoms with Crippen LogP contribution in [0, 0.1) is 0 Å². The van der Waals surface area contributed by atoms with Crippen LogP contribution in [-0.4, -0.2) is 41.2 Å². The molecule has 0 saturated carbocycles. The van der Waals surface area contributed by atoms with Crippen LogP contribution in [0.25, 0.3) is 10.8 Å². The Bertz CT molecular complexity index is 929. The molecule has 4 rings (SSSR count). The summed E-state index contributed by atoms with van der Waals surface area (Å²) >= 11 is 1.47. The molecule has 1 aliphatic rings. The van der Waals surface area contributed by atoms with E-state index in [2.05, 4.69) is 34.0 Å². The van der Waals surface area contributed by atoms with Crippen LogP contribution < -0.4 is 10.2 Å². The number of nitrogens with zero attached hydrogens (tertiary/aromatic N) is 3. The second-order valence-corrected chi connectivity index (χ2v) is 8.12. The summed E-state index contributed by atoms with van der Waals surface area (Å²) in [5.74, 6) is 1.59. The smallest absolute Gasteiger partial charge is 0.226 e. The molecule has 1 amide bonds. The maximum Gasteiger partial charge on any atom is 0.226 e. The monoisotopic (exact) mass is 412 g/mol. The summed E-state index contributed by atoms with van der Waals surface area (Å²) in [4.78, 5) is 23.5. The Labute approximate surface area is 173 Å². The van der Waals surface area contributed by atoms with E-state index in [1.807, 2.05) is 35.8 Å². The van der Waals surface area contributed by atoms with E-state index in [0.717, 1.165) is 40.9 Å². The lowest BCUT2D eigenvalue weighted by atomic mass is 10.2. The molecule has 0 bridgehead atoms.